The highest BCUT2D eigenvalue weighted by Gasteiger charge is 2.15. The van der Waals surface area contributed by atoms with Crippen LogP contribution in [0.2, 0.25) is 0 Å². The molecule has 118 valence electrons. The summed E-state index contributed by atoms with van der Waals surface area (Å²) in [4.78, 5) is 12.7. The molecule has 2 aromatic heterocycles. The molecule has 1 aromatic carbocycles. The summed E-state index contributed by atoms with van der Waals surface area (Å²) in [5, 5.41) is 12.0. The Hall–Kier alpha value is -2.61. The molecule has 3 aromatic rings. The summed E-state index contributed by atoms with van der Waals surface area (Å²) in [5.74, 6) is -1.57. The Balaban J connectivity index is 1.69. The number of hydrogen-bond donors (Lipinski definition) is 1. The monoisotopic (exact) mass is 335 g/mol. The average Bonchev–Trinajstić information content (AvgIpc) is 3.06. The summed E-state index contributed by atoms with van der Waals surface area (Å²) < 4.78 is 31.6. The molecule has 1 amide bonds. The zero-order valence-electron chi connectivity index (χ0n) is 12.0. The maximum Gasteiger partial charge on any atom is 0.258 e. The number of halogens is 2. The second kappa shape index (κ2) is 6.25. The molecule has 1 N–H and O–H groups in total. The summed E-state index contributed by atoms with van der Waals surface area (Å²) in [7, 11) is 0. The Morgan fingerprint density at radius 3 is 2.65 bits per heavy atom. The minimum Gasteiger partial charge on any atom is -0.419 e. The molecule has 0 atom stereocenters. The summed E-state index contributed by atoms with van der Waals surface area (Å²) in [6, 6.07) is 4.70. The van der Waals surface area contributed by atoms with Crippen LogP contribution in [0.5, 0.6) is 0 Å². The number of thiophene rings is 1. The Labute approximate surface area is 134 Å². The molecular weight excluding hydrogens is 324 g/mol. The zero-order chi connectivity index (χ0) is 16.4. The van der Waals surface area contributed by atoms with Gasteiger partial charge in [0.15, 0.2) is 0 Å². The van der Waals surface area contributed by atoms with E-state index in [0.29, 0.717) is 5.89 Å². The number of nitrogens with zero attached hydrogens (tertiary/aromatic N) is 2. The predicted octanol–water partition coefficient (Wildman–Crippen LogP) is 3.57. The van der Waals surface area contributed by atoms with Gasteiger partial charge in [-0.15, -0.1) is 21.5 Å². The fourth-order valence-electron chi connectivity index (χ4n) is 1.98. The van der Waals surface area contributed by atoms with E-state index >= 15 is 0 Å². The molecule has 0 fully saturated rings. The number of hydrogen-bond acceptors (Lipinski definition) is 5. The first-order valence-electron chi connectivity index (χ1n) is 6.64. The number of anilines is 1. The molecule has 3 rings (SSSR count). The molecule has 0 spiro atoms. The van der Waals surface area contributed by atoms with Gasteiger partial charge in [-0.05, 0) is 36.1 Å². The van der Waals surface area contributed by atoms with Gasteiger partial charge in [0.1, 0.15) is 18.1 Å². The fourth-order valence-corrected chi connectivity index (χ4v) is 2.82. The van der Waals surface area contributed by atoms with Crippen LogP contribution in [-0.4, -0.2) is 16.1 Å². The first-order valence-corrected chi connectivity index (χ1v) is 7.52. The molecule has 5 nitrogen and oxygen atoms in total. The summed E-state index contributed by atoms with van der Waals surface area (Å²) in [6.07, 6.45) is -0.185. The van der Waals surface area contributed by atoms with Crippen molar-refractivity contribution in [1.82, 2.24) is 10.2 Å². The van der Waals surface area contributed by atoms with Gasteiger partial charge in [0.2, 0.25) is 11.8 Å². The van der Waals surface area contributed by atoms with Crippen LogP contribution in [0.25, 0.3) is 10.8 Å². The minimum absolute atomic E-state index is 0.0290. The van der Waals surface area contributed by atoms with E-state index in [0.717, 1.165) is 28.6 Å². The third-order valence-electron chi connectivity index (χ3n) is 2.98. The van der Waals surface area contributed by atoms with Gasteiger partial charge in [-0.1, -0.05) is 0 Å². The molecule has 0 unspecified atom stereocenters. The van der Waals surface area contributed by atoms with Gasteiger partial charge in [-0.2, -0.15) is 0 Å². The van der Waals surface area contributed by atoms with E-state index in [1.54, 1.807) is 0 Å². The van der Waals surface area contributed by atoms with Gasteiger partial charge in [-0.25, -0.2) is 8.78 Å². The van der Waals surface area contributed by atoms with Crippen LogP contribution in [0.1, 0.15) is 11.5 Å². The quantitative estimate of drug-likeness (QED) is 0.791. The van der Waals surface area contributed by atoms with E-state index in [1.165, 1.54) is 11.3 Å². The Morgan fingerprint density at radius 2 is 2.00 bits per heavy atom. The van der Waals surface area contributed by atoms with Crippen molar-refractivity contribution in [3.63, 3.8) is 0 Å². The standard InChI is InChI=1S/C15H11F2N3O2S/c1-8-2-3-23-14(8)15-20-19-13(22-15)7-12(21)18-11-5-9(16)4-10(17)6-11/h2-6H,7H2,1H3,(H,18,21). The van der Waals surface area contributed by atoms with Crippen molar-refractivity contribution < 1.29 is 18.0 Å². The minimum atomic E-state index is -0.770. The molecular formula is C15H11F2N3O2S. The van der Waals surface area contributed by atoms with Crippen molar-refractivity contribution in [2.24, 2.45) is 0 Å². The van der Waals surface area contributed by atoms with Crippen LogP contribution >= 0.6 is 11.3 Å². The molecule has 8 heteroatoms. The SMILES string of the molecule is Cc1ccsc1-c1nnc(CC(=O)Nc2cc(F)cc(F)c2)o1. The van der Waals surface area contributed by atoms with Crippen LogP contribution in [0.4, 0.5) is 14.5 Å². The van der Waals surface area contributed by atoms with E-state index in [9.17, 15) is 13.6 Å². The maximum atomic E-state index is 13.1. The Bertz CT molecular complexity index is 840. The highest BCUT2D eigenvalue weighted by atomic mass is 32.1. The molecule has 23 heavy (non-hydrogen) atoms. The molecule has 0 bridgehead atoms. The van der Waals surface area contributed by atoms with Gasteiger partial charge in [0.25, 0.3) is 5.89 Å². The van der Waals surface area contributed by atoms with Crippen LogP contribution in [0.3, 0.4) is 0 Å². The number of aromatic nitrogens is 2. The first-order chi connectivity index (χ1) is 11.0. The second-order valence-corrected chi connectivity index (χ2v) is 5.73. The average molecular weight is 335 g/mol. The lowest BCUT2D eigenvalue weighted by molar-refractivity contribution is -0.115. The van der Waals surface area contributed by atoms with E-state index in [2.05, 4.69) is 15.5 Å². The topological polar surface area (TPSA) is 68.0 Å². The van der Waals surface area contributed by atoms with Crippen molar-refractivity contribution >= 4 is 22.9 Å². The Kier molecular flexibility index (Phi) is 4.16. The molecule has 0 aliphatic carbocycles. The molecule has 0 radical (unpaired) electrons. The molecule has 0 aliphatic heterocycles. The summed E-state index contributed by atoms with van der Waals surface area (Å²) >= 11 is 1.46. The van der Waals surface area contributed by atoms with E-state index in [4.69, 9.17) is 4.42 Å². The first kappa shape index (κ1) is 15.3. The van der Waals surface area contributed by atoms with E-state index < -0.39 is 17.5 Å². The molecule has 0 saturated carbocycles. The van der Waals surface area contributed by atoms with Crippen molar-refractivity contribution in [3.8, 4) is 10.8 Å². The molecule has 0 aliphatic rings. The van der Waals surface area contributed by atoms with Crippen molar-refractivity contribution in [1.29, 1.82) is 0 Å². The van der Waals surface area contributed by atoms with Gasteiger partial charge in [-0.3, -0.25) is 4.79 Å². The zero-order valence-corrected chi connectivity index (χ0v) is 12.8. The third kappa shape index (κ3) is 3.59. The van der Waals surface area contributed by atoms with Crippen molar-refractivity contribution in [2.75, 3.05) is 5.32 Å². The molecule has 2 heterocycles. The predicted molar refractivity (Wildman–Crippen MR) is 81.0 cm³/mol. The van der Waals surface area contributed by atoms with E-state index in [1.807, 2.05) is 18.4 Å². The highest BCUT2D eigenvalue weighted by molar-refractivity contribution is 7.13. The van der Waals surface area contributed by atoms with Gasteiger partial charge in [0.05, 0.1) is 4.88 Å². The highest BCUT2D eigenvalue weighted by Crippen LogP contribution is 2.27. The van der Waals surface area contributed by atoms with E-state index in [-0.39, 0.29) is 18.0 Å². The number of carbonyl (C=O) groups is 1. The lowest BCUT2D eigenvalue weighted by Gasteiger charge is -2.03. The van der Waals surface area contributed by atoms with Crippen LogP contribution in [0, 0.1) is 18.6 Å². The lowest BCUT2D eigenvalue weighted by Crippen LogP contribution is -2.14. The normalized spacial score (nSPS) is 10.7. The Morgan fingerprint density at radius 1 is 1.26 bits per heavy atom. The second-order valence-electron chi connectivity index (χ2n) is 4.82. The number of aryl methyl sites for hydroxylation is 1. The number of carbonyl (C=O) groups excluding carboxylic acids is 1. The van der Waals surface area contributed by atoms with Gasteiger partial charge >= 0.3 is 0 Å². The van der Waals surface area contributed by atoms with Crippen LogP contribution in [0.15, 0.2) is 34.1 Å². The smallest absolute Gasteiger partial charge is 0.258 e. The number of nitrogens with one attached hydrogen (secondary N) is 1. The van der Waals surface area contributed by atoms with Gasteiger partial charge in [0, 0.05) is 11.8 Å². The lowest BCUT2D eigenvalue weighted by atomic mass is 10.3. The fraction of sp³-hybridized carbons (Fsp3) is 0.133. The number of rotatable bonds is 4. The van der Waals surface area contributed by atoms with Crippen molar-refractivity contribution in [3.05, 3.63) is 52.7 Å². The van der Waals surface area contributed by atoms with Crippen LogP contribution in [-0.2, 0) is 11.2 Å². The summed E-state index contributed by atoms with van der Waals surface area (Å²) in [5.41, 5.74) is 1.03. The van der Waals surface area contributed by atoms with Crippen LogP contribution < -0.4 is 5.32 Å². The summed E-state index contributed by atoms with van der Waals surface area (Å²) in [6.45, 7) is 1.92. The van der Waals surface area contributed by atoms with Crippen molar-refractivity contribution in [2.45, 2.75) is 13.3 Å². The third-order valence-corrected chi connectivity index (χ3v) is 3.99. The molecule has 0 saturated heterocycles. The number of benzene rings is 1. The van der Waals surface area contributed by atoms with Gasteiger partial charge < -0.3 is 9.73 Å². The maximum absolute atomic E-state index is 13.1. The number of amides is 1. The largest absolute Gasteiger partial charge is 0.419 e.